The lowest BCUT2D eigenvalue weighted by molar-refractivity contribution is -0.114. The second-order valence-corrected chi connectivity index (χ2v) is 8.88. The molecule has 2 aromatic rings. The Kier molecular flexibility index (Phi) is 4.83. The van der Waals surface area contributed by atoms with E-state index in [1.807, 2.05) is 26.2 Å². The normalized spacial score (nSPS) is 14.2. The molecule has 0 radical (unpaired) electrons. The molecule has 0 spiro atoms. The Hall–Kier alpha value is -1.93. The summed E-state index contributed by atoms with van der Waals surface area (Å²) in [4.78, 5) is 31.1. The highest BCUT2D eigenvalue weighted by atomic mass is 32.1. The summed E-state index contributed by atoms with van der Waals surface area (Å²) in [5.74, 6) is -0.111. The second-order valence-electron chi connectivity index (χ2n) is 6.88. The molecular weight excluding hydrogens is 358 g/mol. The van der Waals surface area contributed by atoms with Gasteiger partial charge in [0, 0.05) is 35.5 Å². The van der Waals surface area contributed by atoms with Gasteiger partial charge < -0.3 is 15.0 Å². The Morgan fingerprint density at radius 2 is 2.12 bits per heavy atom. The van der Waals surface area contributed by atoms with E-state index in [1.54, 1.807) is 22.4 Å². The Morgan fingerprint density at radius 1 is 1.36 bits per heavy atom. The van der Waals surface area contributed by atoms with Crippen molar-refractivity contribution < 1.29 is 14.3 Å². The quantitative estimate of drug-likeness (QED) is 0.852. The van der Waals surface area contributed by atoms with Gasteiger partial charge in [-0.25, -0.2) is 9.78 Å². The number of fused-ring (bicyclic) bond motifs is 1. The number of carbonyl (C=O) groups excluding carboxylic acids is 2. The van der Waals surface area contributed by atoms with Gasteiger partial charge in [0.1, 0.15) is 15.6 Å². The maximum absolute atomic E-state index is 12.3. The fourth-order valence-electron chi connectivity index (χ4n) is 2.71. The summed E-state index contributed by atoms with van der Waals surface area (Å²) < 4.78 is 5.48. The van der Waals surface area contributed by atoms with Gasteiger partial charge in [-0.1, -0.05) is 0 Å². The summed E-state index contributed by atoms with van der Waals surface area (Å²) in [5, 5.41) is 6.54. The number of ether oxygens (including phenoxy) is 1. The van der Waals surface area contributed by atoms with Gasteiger partial charge in [-0.3, -0.25) is 4.79 Å². The van der Waals surface area contributed by atoms with Crippen molar-refractivity contribution in [2.75, 3.05) is 11.9 Å². The van der Waals surface area contributed by atoms with Crippen LogP contribution >= 0.6 is 22.7 Å². The van der Waals surface area contributed by atoms with Gasteiger partial charge >= 0.3 is 6.09 Å². The molecule has 3 rings (SSSR count). The molecule has 0 saturated carbocycles. The zero-order chi connectivity index (χ0) is 18.2. The average molecular weight is 380 g/mol. The zero-order valence-electron chi connectivity index (χ0n) is 14.7. The molecule has 0 aliphatic carbocycles. The molecule has 1 aliphatic rings. The predicted octanol–water partition coefficient (Wildman–Crippen LogP) is 4.12. The third-order valence-electron chi connectivity index (χ3n) is 3.64. The number of nitrogens with zero attached hydrogens (tertiary/aromatic N) is 2. The number of thiophene rings is 1. The lowest BCUT2D eigenvalue weighted by Gasteiger charge is -2.30. The van der Waals surface area contributed by atoms with Crippen LogP contribution in [0.3, 0.4) is 0 Å². The first-order chi connectivity index (χ1) is 11.7. The van der Waals surface area contributed by atoms with E-state index in [4.69, 9.17) is 4.74 Å². The van der Waals surface area contributed by atoms with Crippen LogP contribution in [-0.4, -0.2) is 34.0 Å². The molecule has 0 atom stereocenters. The number of rotatable bonds is 2. The van der Waals surface area contributed by atoms with Crippen LogP contribution in [0.1, 0.15) is 38.1 Å². The number of aromatic nitrogens is 1. The number of hydrogen-bond acceptors (Lipinski definition) is 6. The monoisotopic (exact) mass is 379 g/mol. The van der Waals surface area contributed by atoms with Crippen molar-refractivity contribution in [1.29, 1.82) is 0 Å². The van der Waals surface area contributed by atoms with Gasteiger partial charge in [-0.05, 0) is 32.8 Å². The van der Waals surface area contributed by atoms with Crippen LogP contribution in [0, 0.1) is 0 Å². The molecule has 2 amide bonds. The number of nitrogens with one attached hydrogen (secondary N) is 1. The molecule has 0 aromatic carbocycles. The molecule has 134 valence electrons. The first-order valence-corrected chi connectivity index (χ1v) is 9.74. The lowest BCUT2D eigenvalue weighted by atomic mass is 10.0. The van der Waals surface area contributed by atoms with E-state index in [1.165, 1.54) is 23.8 Å². The number of carbonyl (C=O) groups is 2. The van der Waals surface area contributed by atoms with Gasteiger partial charge in [-0.2, -0.15) is 0 Å². The largest absolute Gasteiger partial charge is 0.444 e. The number of hydrogen-bond donors (Lipinski definition) is 1. The van der Waals surface area contributed by atoms with Gasteiger partial charge in [0.2, 0.25) is 5.91 Å². The smallest absolute Gasteiger partial charge is 0.410 e. The zero-order valence-corrected chi connectivity index (χ0v) is 16.3. The van der Waals surface area contributed by atoms with Crippen LogP contribution in [0.25, 0.3) is 10.6 Å². The summed E-state index contributed by atoms with van der Waals surface area (Å²) in [6.07, 6.45) is 2.18. The summed E-state index contributed by atoms with van der Waals surface area (Å²) in [7, 11) is 0. The second kappa shape index (κ2) is 6.76. The molecule has 0 bridgehead atoms. The van der Waals surface area contributed by atoms with Crippen molar-refractivity contribution in [1.82, 2.24) is 9.88 Å². The molecule has 8 heteroatoms. The molecule has 1 N–H and O–H groups in total. The van der Waals surface area contributed by atoms with Crippen LogP contribution < -0.4 is 5.32 Å². The van der Waals surface area contributed by atoms with Crippen LogP contribution in [-0.2, 0) is 22.5 Å². The third-order valence-corrected chi connectivity index (χ3v) is 5.57. The van der Waals surface area contributed by atoms with Crippen molar-refractivity contribution >= 4 is 39.7 Å². The van der Waals surface area contributed by atoms with Gasteiger partial charge in [0.15, 0.2) is 0 Å². The van der Waals surface area contributed by atoms with E-state index in [-0.39, 0.29) is 12.0 Å². The Labute approximate surface area is 154 Å². The summed E-state index contributed by atoms with van der Waals surface area (Å²) in [5.41, 5.74) is 1.65. The van der Waals surface area contributed by atoms with E-state index in [9.17, 15) is 9.59 Å². The molecule has 0 saturated heterocycles. The minimum absolute atomic E-state index is 0.111. The average Bonchev–Trinajstić information content (AvgIpc) is 3.10. The fourth-order valence-corrected chi connectivity index (χ4v) is 4.80. The van der Waals surface area contributed by atoms with E-state index >= 15 is 0 Å². The van der Waals surface area contributed by atoms with E-state index < -0.39 is 5.60 Å². The molecule has 1 aliphatic heterocycles. The van der Waals surface area contributed by atoms with Crippen LogP contribution in [0.4, 0.5) is 9.80 Å². The molecule has 0 unspecified atom stereocenters. The highest BCUT2D eigenvalue weighted by Crippen LogP contribution is 2.44. The maximum atomic E-state index is 12.3. The SMILES string of the molecule is CC(=O)Nc1sc2c(c1-c1nccs1)CCN(C(=O)OC(C)(C)C)C2. The Balaban J connectivity index is 1.90. The highest BCUT2D eigenvalue weighted by molar-refractivity contribution is 7.18. The van der Waals surface area contributed by atoms with Crippen molar-refractivity contribution in [3.8, 4) is 10.6 Å². The van der Waals surface area contributed by atoms with Gasteiger partial charge in [-0.15, -0.1) is 22.7 Å². The Bertz CT molecular complexity index is 791. The standard InChI is InChI=1S/C17H21N3O3S2/c1-10(21)19-15-13(14-18-6-8-24-14)11-5-7-20(9-12(11)25-15)16(22)23-17(2,3)4/h6,8H,5,7,9H2,1-4H3,(H,19,21). The molecule has 6 nitrogen and oxygen atoms in total. The molecule has 3 heterocycles. The number of thiazole rings is 1. The minimum Gasteiger partial charge on any atom is -0.444 e. The van der Waals surface area contributed by atoms with Crippen molar-refractivity contribution in [2.24, 2.45) is 0 Å². The predicted molar refractivity (Wildman–Crippen MR) is 100 cm³/mol. The first kappa shape index (κ1) is 17.9. The van der Waals surface area contributed by atoms with Crippen molar-refractivity contribution in [2.45, 2.75) is 46.3 Å². The Morgan fingerprint density at radius 3 is 2.72 bits per heavy atom. The number of amides is 2. The first-order valence-electron chi connectivity index (χ1n) is 8.04. The van der Waals surface area contributed by atoms with Gasteiger partial charge in [0.05, 0.1) is 6.54 Å². The fraction of sp³-hybridized carbons (Fsp3) is 0.471. The maximum Gasteiger partial charge on any atom is 0.410 e. The minimum atomic E-state index is -0.514. The molecular formula is C17H21N3O3S2. The van der Waals surface area contributed by atoms with Crippen LogP contribution in [0.2, 0.25) is 0 Å². The lowest BCUT2D eigenvalue weighted by Crippen LogP contribution is -2.39. The third kappa shape index (κ3) is 4.01. The van der Waals surface area contributed by atoms with E-state index in [2.05, 4.69) is 10.3 Å². The summed E-state index contributed by atoms with van der Waals surface area (Å²) in [6, 6.07) is 0. The molecule has 25 heavy (non-hydrogen) atoms. The number of anilines is 1. The molecule has 0 fully saturated rings. The van der Waals surface area contributed by atoms with Crippen molar-refractivity contribution in [3.63, 3.8) is 0 Å². The van der Waals surface area contributed by atoms with E-state index in [0.29, 0.717) is 13.1 Å². The van der Waals surface area contributed by atoms with Crippen LogP contribution in [0.15, 0.2) is 11.6 Å². The highest BCUT2D eigenvalue weighted by Gasteiger charge is 2.30. The summed E-state index contributed by atoms with van der Waals surface area (Å²) >= 11 is 3.06. The van der Waals surface area contributed by atoms with E-state index in [0.717, 1.165) is 26.9 Å². The summed E-state index contributed by atoms with van der Waals surface area (Å²) in [6.45, 7) is 8.17. The van der Waals surface area contributed by atoms with Crippen molar-refractivity contribution in [3.05, 3.63) is 22.0 Å². The van der Waals surface area contributed by atoms with Crippen LogP contribution in [0.5, 0.6) is 0 Å². The van der Waals surface area contributed by atoms with Gasteiger partial charge in [0.25, 0.3) is 0 Å². The topological polar surface area (TPSA) is 71.5 Å². The molecule has 2 aromatic heterocycles.